The molecular weight excluding hydrogens is 206 g/mol. The van der Waals surface area contributed by atoms with Gasteiger partial charge in [-0.3, -0.25) is 0 Å². The van der Waals surface area contributed by atoms with Gasteiger partial charge in [-0.25, -0.2) is 0 Å². The first kappa shape index (κ1) is 19.3. The van der Waals surface area contributed by atoms with E-state index in [0.717, 1.165) is 0 Å². The van der Waals surface area contributed by atoms with Crippen molar-refractivity contribution in [3.63, 3.8) is 0 Å². The van der Waals surface area contributed by atoms with Crippen LogP contribution in [0.1, 0.15) is 87.0 Å². The largest absolute Gasteiger partial charge is 0.315 e. The maximum atomic E-state index is 3.19. The molecule has 1 heteroatoms. The van der Waals surface area contributed by atoms with Gasteiger partial charge in [-0.1, -0.05) is 53.9 Å². The average molecular weight is 243 g/mol. The standard InChI is InChI=1S/C8H16.C6H15N.C2H6/c1-8(2)6-4-3-5-7-8;1-5-6(2,3)7-4;1-2/h3-7H2,1-2H3;7H,5H2,1-4H3;1-2H3. The number of hydrogen-bond acceptors (Lipinski definition) is 1. The van der Waals surface area contributed by atoms with Gasteiger partial charge in [0.2, 0.25) is 0 Å². The van der Waals surface area contributed by atoms with E-state index in [1.54, 1.807) is 0 Å². The molecule has 0 aromatic heterocycles. The molecule has 1 fully saturated rings. The van der Waals surface area contributed by atoms with Crippen LogP contribution in [0.25, 0.3) is 0 Å². The van der Waals surface area contributed by atoms with E-state index in [2.05, 4.69) is 39.9 Å². The molecule has 1 N–H and O–H groups in total. The summed E-state index contributed by atoms with van der Waals surface area (Å²) >= 11 is 0. The van der Waals surface area contributed by atoms with Gasteiger partial charge in [0.05, 0.1) is 0 Å². The van der Waals surface area contributed by atoms with Crippen LogP contribution < -0.4 is 5.32 Å². The van der Waals surface area contributed by atoms with Gasteiger partial charge < -0.3 is 5.32 Å². The minimum Gasteiger partial charge on any atom is -0.315 e. The summed E-state index contributed by atoms with van der Waals surface area (Å²) in [5, 5.41) is 3.19. The van der Waals surface area contributed by atoms with Gasteiger partial charge >= 0.3 is 0 Å². The SMILES string of the molecule is CC.CC1(C)CCCCC1.CCC(C)(C)NC. The van der Waals surface area contributed by atoms with E-state index in [4.69, 9.17) is 0 Å². The van der Waals surface area contributed by atoms with Crippen molar-refractivity contribution in [3.8, 4) is 0 Å². The zero-order valence-corrected chi connectivity index (χ0v) is 13.7. The summed E-state index contributed by atoms with van der Waals surface area (Å²) in [5.74, 6) is 0. The lowest BCUT2D eigenvalue weighted by Crippen LogP contribution is -2.34. The van der Waals surface area contributed by atoms with E-state index >= 15 is 0 Å². The molecule has 1 aliphatic carbocycles. The van der Waals surface area contributed by atoms with Gasteiger partial charge in [-0.15, -0.1) is 0 Å². The lowest BCUT2D eigenvalue weighted by molar-refractivity contribution is 0.244. The number of rotatable bonds is 2. The third-order valence-corrected chi connectivity index (χ3v) is 3.77. The third kappa shape index (κ3) is 12.2. The van der Waals surface area contributed by atoms with Crippen LogP contribution in [0.15, 0.2) is 0 Å². The average Bonchev–Trinajstić information content (AvgIpc) is 2.32. The van der Waals surface area contributed by atoms with Crippen molar-refractivity contribution in [2.45, 2.75) is 92.5 Å². The van der Waals surface area contributed by atoms with Crippen LogP contribution in [0.5, 0.6) is 0 Å². The molecule has 0 heterocycles. The fraction of sp³-hybridized carbons (Fsp3) is 1.00. The zero-order valence-electron chi connectivity index (χ0n) is 13.7. The van der Waals surface area contributed by atoms with Crippen LogP contribution in [0.4, 0.5) is 0 Å². The van der Waals surface area contributed by atoms with Gasteiger partial charge in [0.25, 0.3) is 0 Å². The fourth-order valence-corrected chi connectivity index (χ4v) is 1.69. The van der Waals surface area contributed by atoms with Crippen LogP contribution in [0.3, 0.4) is 0 Å². The number of hydrogen-bond donors (Lipinski definition) is 1. The predicted molar refractivity (Wildman–Crippen MR) is 81.6 cm³/mol. The summed E-state index contributed by atoms with van der Waals surface area (Å²) in [6, 6.07) is 0. The van der Waals surface area contributed by atoms with Crippen molar-refractivity contribution < 1.29 is 0 Å². The van der Waals surface area contributed by atoms with E-state index < -0.39 is 0 Å². The summed E-state index contributed by atoms with van der Waals surface area (Å²) < 4.78 is 0. The molecule has 0 aromatic rings. The van der Waals surface area contributed by atoms with Crippen molar-refractivity contribution in [3.05, 3.63) is 0 Å². The monoisotopic (exact) mass is 243 g/mol. The molecule has 0 radical (unpaired) electrons. The van der Waals surface area contributed by atoms with Crippen molar-refractivity contribution in [1.29, 1.82) is 0 Å². The Labute approximate surface area is 111 Å². The van der Waals surface area contributed by atoms with Crippen LogP contribution >= 0.6 is 0 Å². The summed E-state index contributed by atoms with van der Waals surface area (Å²) in [5.41, 5.74) is 1.01. The van der Waals surface area contributed by atoms with Crippen LogP contribution in [0, 0.1) is 5.41 Å². The molecule has 1 aliphatic rings. The Morgan fingerprint density at radius 1 is 1.00 bits per heavy atom. The fourth-order valence-electron chi connectivity index (χ4n) is 1.69. The van der Waals surface area contributed by atoms with Crippen molar-refractivity contribution in [1.82, 2.24) is 5.32 Å². The normalized spacial score (nSPS) is 18.4. The molecule has 1 saturated carbocycles. The first-order valence-electron chi connectivity index (χ1n) is 7.52. The molecule has 0 atom stereocenters. The maximum absolute atomic E-state index is 3.19. The second kappa shape index (κ2) is 9.94. The Balaban J connectivity index is 0. The summed E-state index contributed by atoms with van der Waals surface area (Å²) in [4.78, 5) is 0. The molecule has 0 aromatic carbocycles. The molecule has 0 unspecified atom stereocenters. The minimum atomic E-state index is 0.333. The van der Waals surface area contributed by atoms with Crippen LogP contribution in [-0.2, 0) is 0 Å². The molecule has 17 heavy (non-hydrogen) atoms. The van der Waals surface area contributed by atoms with Crippen LogP contribution in [-0.4, -0.2) is 12.6 Å². The molecule has 0 spiro atoms. The van der Waals surface area contributed by atoms with E-state index in [1.807, 2.05) is 20.9 Å². The third-order valence-electron chi connectivity index (χ3n) is 3.77. The maximum Gasteiger partial charge on any atom is 0.0119 e. The van der Waals surface area contributed by atoms with Crippen molar-refractivity contribution in [2.75, 3.05) is 7.05 Å². The second-order valence-electron chi connectivity index (χ2n) is 6.21. The minimum absolute atomic E-state index is 0.333. The van der Waals surface area contributed by atoms with Gasteiger partial charge in [0.15, 0.2) is 0 Å². The molecule has 106 valence electrons. The summed E-state index contributed by atoms with van der Waals surface area (Å²) in [7, 11) is 1.99. The Hall–Kier alpha value is -0.0400. The highest BCUT2D eigenvalue weighted by Crippen LogP contribution is 2.34. The molecule has 1 nitrogen and oxygen atoms in total. The quantitative estimate of drug-likeness (QED) is 0.685. The topological polar surface area (TPSA) is 12.0 Å². The first-order valence-corrected chi connectivity index (χ1v) is 7.52. The lowest BCUT2D eigenvalue weighted by Gasteiger charge is -2.28. The number of nitrogens with one attached hydrogen (secondary N) is 1. The highest BCUT2D eigenvalue weighted by molar-refractivity contribution is 4.72. The van der Waals surface area contributed by atoms with Gasteiger partial charge in [-0.2, -0.15) is 0 Å². The van der Waals surface area contributed by atoms with Crippen LogP contribution in [0.2, 0.25) is 0 Å². The smallest absolute Gasteiger partial charge is 0.0119 e. The van der Waals surface area contributed by atoms with E-state index in [1.165, 1.54) is 38.5 Å². The molecule has 0 amide bonds. The van der Waals surface area contributed by atoms with Crippen molar-refractivity contribution in [2.24, 2.45) is 5.41 Å². The van der Waals surface area contributed by atoms with Crippen molar-refractivity contribution >= 4 is 0 Å². The molecule has 0 bridgehead atoms. The second-order valence-corrected chi connectivity index (χ2v) is 6.21. The predicted octanol–water partition coefficient (Wildman–Crippen LogP) is 5.40. The van der Waals surface area contributed by atoms with Gasteiger partial charge in [0, 0.05) is 5.54 Å². The zero-order chi connectivity index (χ0) is 13.9. The van der Waals surface area contributed by atoms with Gasteiger partial charge in [0.1, 0.15) is 0 Å². The molecule has 0 saturated heterocycles. The highest BCUT2D eigenvalue weighted by atomic mass is 14.9. The lowest BCUT2D eigenvalue weighted by atomic mass is 9.78. The Bertz CT molecular complexity index is 145. The van der Waals surface area contributed by atoms with E-state index in [9.17, 15) is 0 Å². The van der Waals surface area contributed by atoms with E-state index in [-0.39, 0.29) is 0 Å². The van der Waals surface area contributed by atoms with E-state index in [0.29, 0.717) is 11.0 Å². The Kier molecular flexibility index (Phi) is 11.3. The molecule has 0 aliphatic heterocycles. The highest BCUT2D eigenvalue weighted by Gasteiger charge is 2.19. The first-order chi connectivity index (χ1) is 7.83. The Morgan fingerprint density at radius 3 is 1.53 bits per heavy atom. The van der Waals surface area contributed by atoms with Gasteiger partial charge in [-0.05, 0) is 45.6 Å². The summed E-state index contributed by atoms with van der Waals surface area (Å²) in [6.45, 7) is 15.3. The Morgan fingerprint density at radius 2 is 1.41 bits per heavy atom. The molecular formula is C16H37N. The molecule has 1 rings (SSSR count). The summed E-state index contributed by atoms with van der Waals surface area (Å²) in [6.07, 6.45) is 8.49.